The Balaban J connectivity index is 1.69. The molecule has 0 N–H and O–H groups in total. The smallest absolute Gasteiger partial charge is 0.337 e. The van der Waals surface area contributed by atoms with E-state index >= 15 is 0 Å². The van der Waals surface area contributed by atoms with Gasteiger partial charge in [0.05, 0.1) is 18.7 Å². The van der Waals surface area contributed by atoms with E-state index in [1.165, 1.54) is 7.11 Å². The zero-order chi connectivity index (χ0) is 19.6. The van der Waals surface area contributed by atoms with Crippen molar-refractivity contribution in [3.63, 3.8) is 0 Å². The van der Waals surface area contributed by atoms with Gasteiger partial charge < -0.3 is 9.64 Å². The zero-order valence-electron chi connectivity index (χ0n) is 15.7. The average molecular weight is 387 g/mol. The Hall–Kier alpha value is -2.37. The lowest BCUT2D eigenvalue weighted by Crippen LogP contribution is -2.55. The first-order chi connectivity index (χ1) is 12.9. The minimum absolute atomic E-state index is 0.0624. The SMILES string of the molecule is COC(=O)c1ccc(CN2CCN(c3ccc(C)c(Cl)c3)C(=O)[C@@H]2C)cc1. The minimum atomic E-state index is -0.351. The van der Waals surface area contributed by atoms with Gasteiger partial charge in [0, 0.05) is 30.3 Å². The normalized spacial score (nSPS) is 17.9. The lowest BCUT2D eigenvalue weighted by molar-refractivity contribution is -0.125. The Kier molecular flexibility index (Phi) is 5.82. The van der Waals surface area contributed by atoms with Gasteiger partial charge in [0.25, 0.3) is 0 Å². The van der Waals surface area contributed by atoms with Gasteiger partial charge in [-0.05, 0) is 49.2 Å². The Labute approximate surface area is 164 Å². The number of halogens is 1. The molecule has 0 bridgehead atoms. The zero-order valence-corrected chi connectivity index (χ0v) is 16.5. The van der Waals surface area contributed by atoms with Crippen molar-refractivity contribution in [2.24, 2.45) is 0 Å². The fraction of sp³-hybridized carbons (Fsp3) is 0.333. The van der Waals surface area contributed by atoms with Gasteiger partial charge in [-0.3, -0.25) is 9.69 Å². The van der Waals surface area contributed by atoms with E-state index in [-0.39, 0.29) is 17.9 Å². The quantitative estimate of drug-likeness (QED) is 0.752. The molecule has 142 valence electrons. The van der Waals surface area contributed by atoms with E-state index in [0.717, 1.165) is 23.4 Å². The van der Waals surface area contributed by atoms with Gasteiger partial charge in [-0.25, -0.2) is 4.79 Å². The maximum absolute atomic E-state index is 12.9. The summed E-state index contributed by atoms with van der Waals surface area (Å²) in [7, 11) is 1.37. The third-order valence-electron chi connectivity index (χ3n) is 5.01. The van der Waals surface area contributed by atoms with Crippen LogP contribution in [0.15, 0.2) is 42.5 Å². The predicted octanol–water partition coefficient (Wildman–Crippen LogP) is 3.67. The monoisotopic (exact) mass is 386 g/mol. The number of methoxy groups -OCH3 is 1. The molecule has 1 fully saturated rings. The molecule has 2 aromatic carbocycles. The first kappa shape index (κ1) is 19.4. The molecule has 0 unspecified atom stereocenters. The van der Waals surface area contributed by atoms with Crippen LogP contribution in [0.3, 0.4) is 0 Å². The average Bonchev–Trinajstić information content (AvgIpc) is 2.68. The van der Waals surface area contributed by atoms with Crippen molar-refractivity contribution >= 4 is 29.2 Å². The number of piperazine rings is 1. The fourth-order valence-electron chi connectivity index (χ4n) is 3.23. The van der Waals surface area contributed by atoms with Crippen molar-refractivity contribution in [1.29, 1.82) is 0 Å². The highest BCUT2D eigenvalue weighted by Gasteiger charge is 2.32. The number of hydrogen-bond donors (Lipinski definition) is 0. The summed E-state index contributed by atoms with van der Waals surface area (Å²) in [5.74, 6) is -0.289. The number of carbonyl (C=O) groups is 2. The van der Waals surface area contributed by atoms with Gasteiger partial charge in [0.1, 0.15) is 0 Å². The van der Waals surface area contributed by atoms with Crippen LogP contribution in [0, 0.1) is 6.92 Å². The summed E-state index contributed by atoms with van der Waals surface area (Å²) in [6.07, 6.45) is 0. The van der Waals surface area contributed by atoms with E-state index in [0.29, 0.717) is 23.7 Å². The molecule has 1 atom stereocenters. The molecule has 0 radical (unpaired) electrons. The molecule has 1 saturated heterocycles. The van der Waals surface area contributed by atoms with Gasteiger partial charge in [-0.1, -0.05) is 29.8 Å². The molecule has 0 aliphatic carbocycles. The lowest BCUT2D eigenvalue weighted by Gasteiger charge is -2.39. The molecule has 6 heteroatoms. The molecule has 0 aromatic heterocycles. The first-order valence-corrected chi connectivity index (χ1v) is 9.27. The molecule has 1 amide bonds. The van der Waals surface area contributed by atoms with Crippen molar-refractivity contribution in [2.75, 3.05) is 25.1 Å². The number of esters is 1. The second kappa shape index (κ2) is 8.11. The molecule has 5 nitrogen and oxygen atoms in total. The van der Waals surface area contributed by atoms with E-state index in [1.54, 1.807) is 17.0 Å². The Bertz CT molecular complexity index is 851. The van der Waals surface area contributed by atoms with Crippen LogP contribution >= 0.6 is 11.6 Å². The Morgan fingerprint density at radius 3 is 2.52 bits per heavy atom. The number of hydrogen-bond acceptors (Lipinski definition) is 4. The molecular weight excluding hydrogens is 364 g/mol. The highest BCUT2D eigenvalue weighted by Crippen LogP contribution is 2.26. The lowest BCUT2D eigenvalue weighted by atomic mass is 10.1. The highest BCUT2D eigenvalue weighted by atomic mass is 35.5. The van der Waals surface area contributed by atoms with E-state index in [1.807, 2.05) is 44.2 Å². The molecule has 0 spiro atoms. The molecule has 27 heavy (non-hydrogen) atoms. The molecule has 1 aliphatic heterocycles. The summed E-state index contributed by atoms with van der Waals surface area (Å²) < 4.78 is 4.72. The molecule has 0 saturated carbocycles. The van der Waals surface area contributed by atoms with E-state index in [2.05, 4.69) is 4.90 Å². The van der Waals surface area contributed by atoms with Crippen molar-refractivity contribution in [3.8, 4) is 0 Å². The number of carbonyl (C=O) groups excluding carboxylic acids is 2. The molecule has 2 aromatic rings. The fourth-order valence-corrected chi connectivity index (χ4v) is 3.41. The van der Waals surface area contributed by atoms with Crippen LogP contribution in [-0.2, 0) is 16.1 Å². The number of ether oxygens (including phenoxy) is 1. The summed E-state index contributed by atoms with van der Waals surface area (Å²) in [6, 6.07) is 12.8. The number of benzene rings is 2. The van der Waals surface area contributed by atoms with Crippen LogP contribution < -0.4 is 4.90 Å². The summed E-state index contributed by atoms with van der Waals surface area (Å²) in [4.78, 5) is 28.4. The van der Waals surface area contributed by atoms with Gasteiger partial charge in [-0.2, -0.15) is 0 Å². The number of aryl methyl sites for hydroxylation is 1. The second-order valence-electron chi connectivity index (χ2n) is 6.76. The number of anilines is 1. The van der Waals surface area contributed by atoms with Crippen LogP contribution in [0.25, 0.3) is 0 Å². The summed E-state index contributed by atoms with van der Waals surface area (Å²) in [5.41, 5.74) is 3.40. The third-order valence-corrected chi connectivity index (χ3v) is 5.42. The van der Waals surface area contributed by atoms with Crippen molar-refractivity contribution in [3.05, 3.63) is 64.2 Å². The van der Waals surface area contributed by atoms with Crippen LogP contribution in [0.1, 0.15) is 28.4 Å². The standard InChI is InChI=1S/C21H23ClN2O3/c1-14-4-9-18(12-19(14)22)24-11-10-23(15(2)20(24)25)13-16-5-7-17(8-6-16)21(26)27-3/h4-9,12,15H,10-11,13H2,1-3H3/t15-/m0/s1. The number of nitrogens with zero attached hydrogens (tertiary/aromatic N) is 2. The maximum atomic E-state index is 12.9. The van der Waals surface area contributed by atoms with Crippen LogP contribution in [-0.4, -0.2) is 43.0 Å². The van der Waals surface area contributed by atoms with Gasteiger partial charge in [-0.15, -0.1) is 0 Å². The van der Waals surface area contributed by atoms with Crippen LogP contribution in [0.5, 0.6) is 0 Å². The summed E-state index contributed by atoms with van der Waals surface area (Å²) in [6.45, 7) is 5.89. The van der Waals surface area contributed by atoms with Crippen molar-refractivity contribution < 1.29 is 14.3 Å². The predicted molar refractivity (Wildman–Crippen MR) is 106 cm³/mol. The first-order valence-electron chi connectivity index (χ1n) is 8.89. The van der Waals surface area contributed by atoms with Gasteiger partial charge in [0.2, 0.25) is 5.91 Å². The van der Waals surface area contributed by atoms with Crippen LogP contribution in [0.4, 0.5) is 5.69 Å². The van der Waals surface area contributed by atoms with Gasteiger partial charge in [0.15, 0.2) is 0 Å². The summed E-state index contributed by atoms with van der Waals surface area (Å²) in [5, 5.41) is 0.668. The molecular formula is C21H23ClN2O3. The molecule has 1 aliphatic rings. The second-order valence-corrected chi connectivity index (χ2v) is 7.17. The van der Waals surface area contributed by atoms with Crippen molar-refractivity contribution in [2.45, 2.75) is 26.4 Å². The maximum Gasteiger partial charge on any atom is 0.337 e. The molecule has 3 rings (SSSR count). The Morgan fingerprint density at radius 1 is 1.19 bits per heavy atom. The molecule has 1 heterocycles. The van der Waals surface area contributed by atoms with E-state index in [4.69, 9.17) is 16.3 Å². The van der Waals surface area contributed by atoms with E-state index in [9.17, 15) is 9.59 Å². The Morgan fingerprint density at radius 2 is 1.89 bits per heavy atom. The van der Waals surface area contributed by atoms with E-state index < -0.39 is 0 Å². The highest BCUT2D eigenvalue weighted by molar-refractivity contribution is 6.31. The topological polar surface area (TPSA) is 49.9 Å². The summed E-state index contributed by atoms with van der Waals surface area (Å²) >= 11 is 6.22. The van der Waals surface area contributed by atoms with Gasteiger partial charge >= 0.3 is 5.97 Å². The largest absolute Gasteiger partial charge is 0.465 e. The number of rotatable bonds is 4. The third kappa shape index (κ3) is 4.15. The van der Waals surface area contributed by atoms with Crippen LogP contribution in [0.2, 0.25) is 5.02 Å². The van der Waals surface area contributed by atoms with Crippen molar-refractivity contribution in [1.82, 2.24) is 4.90 Å². The number of amides is 1. The minimum Gasteiger partial charge on any atom is -0.465 e.